The zero-order chi connectivity index (χ0) is 13.7. The van der Waals surface area contributed by atoms with Crippen LogP contribution in [0.1, 0.15) is 36.8 Å². The van der Waals surface area contributed by atoms with Crippen molar-refractivity contribution < 1.29 is 9.18 Å². The minimum atomic E-state index is -0.220. The molecule has 2 rings (SSSR count). The summed E-state index contributed by atoms with van der Waals surface area (Å²) in [5, 5.41) is 6.21. The van der Waals surface area contributed by atoms with Crippen molar-refractivity contribution in [3.05, 3.63) is 35.1 Å². The molecule has 0 aromatic heterocycles. The number of aryl methyl sites for hydroxylation is 1. The molecule has 19 heavy (non-hydrogen) atoms. The van der Waals surface area contributed by atoms with Crippen molar-refractivity contribution in [3.63, 3.8) is 0 Å². The lowest BCUT2D eigenvalue weighted by molar-refractivity contribution is -0.121. The molecule has 4 heteroatoms. The van der Waals surface area contributed by atoms with Crippen molar-refractivity contribution in [2.45, 2.75) is 45.2 Å². The topological polar surface area (TPSA) is 41.1 Å². The monoisotopic (exact) mass is 264 g/mol. The smallest absolute Gasteiger partial charge is 0.220 e. The van der Waals surface area contributed by atoms with Crippen molar-refractivity contribution in [2.24, 2.45) is 0 Å². The molecule has 0 spiro atoms. The van der Waals surface area contributed by atoms with Crippen molar-refractivity contribution >= 4 is 5.91 Å². The zero-order valence-corrected chi connectivity index (χ0v) is 11.3. The van der Waals surface area contributed by atoms with Gasteiger partial charge in [0.15, 0.2) is 0 Å². The average molecular weight is 264 g/mol. The molecule has 1 aliphatic rings. The molecule has 1 unspecified atom stereocenters. The van der Waals surface area contributed by atoms with Gasteiger partial charge in [0.2, 0.25) is 5.91 Å². The van der Waals surface area contributed by atoms with E-state index in [0.29, 0.717) is 24.6 Å². The number of hydrogen-bond donors (Lipinski definition) is 2. The third kappa shape index (κ3) is 4.31. The van der Waals surface area contributed by atoms with Crippen LogP contribution in [0.15, 0.2) is 18.2 Å². The first kappa shape index (κ1) is 14.0. The van der Waals surface area contributed by atoms with Crippen molar-refractivity contribution in [1.82, 2.24) is 10.6 Å². The summed E-state index contributed by atoms with van der Waals surface area (Å²) < 4.78 is 13.3. The number of benzene rings is 1. The normalized spacial score (nSPS) is 18.5. The number of amides is 1. The van der Waals surface area contributed by atoms with Crippen LogP contribution in [0.2, 0.25) is 0 Å². The molecule has 2 N–H and O–H groups in total. The van der Waals surface area contributed by atoms with Crippen LogP contribution in [0.3, 0.4) is 0 Å². The van der Waals surface area contributed by atoms with Gasteiger partial charge in [0, 0.05) is 19.0 Å². The fourth-order valence-corrected chi connectivity index (χ4v) is 2.34. The van der Waals surface area contributed by atoms with Gasteiger partial charge in [-0.25, -0.2) is 4.39 Å². The van der Waals surface area contributed by atoms with Crippen LogP contribution in [0.4, 0.5) is 4.39 Å². The predicted octanol–water partition coefficient (Wildman–Crippen LogP) is 2.28. The van der Waals surface area contributed by atoms with Gasteiger partial charge < -0.3 is 10.6 Å². The molecule has 1 aliphatic heterocycles. The molecule has 1 heterocycles. The molecular weight excluding hydrogens is 243 g/mol. The summed E-state index contributed by atoms with van der Waals surface area (Å²) in [7, 11) is 0. The second-order valence-corrected chi connectivity index (χ2v) is 5.19. The second-order valence-electron chi connectivity index (χ2n) is 5.19. The Kier molecular flexibility index (Phi) is 4.91. The van der Waals surface area contributed by atoms with E-state index in [2.05, 4.69) is 10.6 Å². The number of rotatable bonds is 5. The zero-order valence-electron chi connectivity index (χ0n) is 11.3. The largest absolute Gasteiger partial charge is 0.352 e. The quantitative estimate of drug-likeness (QED) is 0.856. The maximum absolute atomic E-state index is 13.3. The van der Waals surface area contributed by atoms with Crippen LogP contribution >= 0.6 is 0 Å². The van der Waals surface area contributed by atoms with Gasteiger partial charge in [-0.3, -0.25) is 4.79 Å². The van der Waals surface area contributed by atoms with Crippen LogP contribution in [0, 0.1) is 12.7 Å². The molecule has 1 fully saturated rings. The van der Waals surface area contributed by atoms with Crippen LogP contribution in [0.5, 0.6) is 0 Å². The summed E-state index contributed by atoms with van der Waals surface area (Å²) >= 11 is 0. The maximum atomic E-state index is 13.3. The fraction of sp³-hybridized carbons (Fsp3) is 0.533. The highest BCUT2D eigenvalue weighted by molar-refractivity contribution is 5.75. The summed E-state index contributed by atoms with van der Waals surface area (Å²) in [4.78, 5) is 11.7. The lowest BCUT2D eigenvalue weighted by Gasteiger charge is -2.10. The van der Waals surface area contributed by atoms with Gasteiger partial charge in [-0.05, 0) is 49.9 Å². The Morgan fingerprint density at radius 2 is 2.37 bits per heavy atom. The lowest BCUT2D eigenvalue weighted by atomic mass is 10.1. The average Bonchev–Trinajstić information content (AvgIpc) is 2.91. The Bertz CT molecular complexity index is 442. The SMILES string of the molecule is Cc1ccc(CNC(=O)CCC2CCCN2)cc1F. The van der Waals surface area contributed by atoms with E-state index in [1.165, 1.54) is 12.5 Å². The van der Waals surface area contributed by atoms with E-state index >= 15 is 0 Å². The van der Waals surface area contributed by atoms with Gasteiger partial charge in [0.25, 0.3) is 0 Å². The molecule has 1 aromatic carbocycles. The lowest BCUT2D eigenvalue weighted by Crippen LogP contribution is -2.27. The van der Waals surface area contributed by atoms with E-state index in [9.17, 15) is 9.18 Å². The molecule has 1 atom stereocenters. The third-order valence-corrected chi connectivity index (χ3v) is 3.61. The molecule has 0 bridgehead atoms. The van der Waals surface area contributed by atoms with E-state index < -0.39 is 0 Å². The highest BCUT2D eigenvalue weighted by Crippen LogP contribution is 2.11. The Morgan fingerprint density at radius 1 is 1.53 bits per heavy atom. The van der Waals surface area contributed by atoms with E-state index in [4.69, 9.17) is 0 Å². The van der Waals surface area contributed by atoms with Gasteiger partial charge in [0.05, 0.1) is 0 Å². The number of nitrogens with one attached hydrogen (secondary N) is 2. The predicted molar refractivity (Wildman–Crippen MR) is 73.2 cm³/mol. The van der Waals surface area contributed by atoms with Gasteiger partial charge >= 0.3 is 0 Å². The first-order chi connectivity index (χ1) is 9.15. The van der Waals surface area contributed by atoms with E-state index in [1.807, 2.05) is 6.07 Å². The number of hydrogen-bond acceptors (Lipinski definition) is 2. The number of carbonyl (C=O) groups is 1. The van der Waals surface area contributed by atoms with Gasteiger partial charge in [-0.1, -0.05) is 12.1 Å². The van der Waals surface area contributed by atoms with Crippen molar-refractivity contribution in [1.29, 1.82) is 0 Å². The minimum Gasteiger partial charge on any atom is -0.352 e. The maximum Gasteiger partial charge on any atom is 0.220 e. The molecule has 1 amide bonds. The standard InChI is InChI=1S/C15H21FN2O/c1-11-4-5-12(9-14(11)16)10-18-15(19)7-6-13-3-2-8-17-13/h4-5,9,13,17H,2-3,6-8,10H2,1H3,(H,18,19). The van der Waals surface area contributed by atoms with Crippen molar-refractivity contribution in [2.75, 3.05) is 6.54 Å². The molecule has 0 radical (unpaired) electrons. The molecular formula is C15H21FN2O. The Hall–Kier alpha value is -1.42. The molecule has 1 aromatic rings. The van der Waals surface area contributed by atoms with Crippen molar-refractivity contribution in [3.8, 4) is 0 Å². The van der Waals surface area contributed by atoms with Crippen LogP contribution in [-0.2, 0) is 11.3 Å². The summed E-state index contributed by atoms with van der Waals surface area (Å²) in [5.41, 5.74) is 1.43. The molecule has 3 nitrogen and oxygen atoms in total. The van der Waals surface area contributed by atoms with E-state index in [-0.39, 0.29) is 11.7 Å². The minimum absolute atomic E-state index is 0.0367. The number of halogens is 1. The van der Waals surface area contributed by atoms with Crippen LogP contribution in [-0.4, -0.2) is 18.5 Å². The summed E-state index contributed by atoms with van der Waals surface area (Å²) in [6, 6.07) is 5.55. The Morgan fingerprint density at radius 3 is 3.05 bits per heavy atom. The highest BCUT2D eigenvalue weighted by atomic mass is 19.1. The molecule has 0 aliphatic carbocycles. The van der Waals surface area contributed by atoms with Crippen LogP contribution in [0.25, 0.3) is 0 Å². The first-order valence-electron chi connectivity index (χ1n) is 6.90. The van der Waals surface area contributed by atoms with E-state index in [1.54, 1.807) is 13.0 Å². The van der Waals surface area contributed by atoms with Gasteiger partial charge in [0.1, 0.15) is 5.82 Å². The molecule has 104 valence electrons. The summed E-state index contributed by atoms with van der Waals surface area (Å²) in [5.74, 6) is -0.184. The van der Waals surface area contributed by atoms with Crippen LogP contribution < -0.4 is 10.6 Å². The van der Waals surface area contributed by atoms with E-state index in [0.717, 1.165) is 24.9 Å². The summed E-state index contributed by atoms with van der Waals surface area (Å²) in [6.45, 7) is 3.19. The molecule has 1 saturated heterocycles. The molecule has 0 saturated carbocycles. The Labute approximate surface area is 113 Å². The third-order valence-electron chi connectivity index (χ3n) is 3.61. The second kappa shape index (κ2) is 6.66. The summed E-state index contributed by atoms with van der Waals surface area (Å²) in [6.07, 6.45) is 3.78. The highest BCUT2D eigenvalue weighted by Gasteiger charge is 2.15. The number of carbonyl (C=O) groups excluding carboxylic acids is 1. The first-order valence-corrected chi connectivity index (χ1v) is 6.90. The fourth-order valence-electron chi connectivity index (χ4n) is 2.34. The van der Waals surface area contributed by atoms with Gasteiger partial charge in [-0.15, -0.1) is 0 Å². The Balaban J connectivity index is 1.71. The van der Waals surface area contributed by atoms with Gasteiger partial charge in [-0.2, -0.15) is 0 Å².